The third kappa shape index (κ3) is 6.09. The minimum atomic E-state index is -2.87. The summed E-state index contributed by atoms with van der Waals surface area (Å²) >= 11 is 0. The van der Waals surface area contributed by atoms with Gasteiger partial charge in [0, 0.05) is 25.7 Å². The molecule has 9 N–H and O–H groups in total. The fraction of sp³-hybridized carbons (Fsp3) is 0.429. The fourth-order valence-corrected chi connectivity index (χ4v) is 4.78. The van der Waals surface area contributed by atoms with Crippen molar-refractivity contribution in [3.8, 4) is 12.0 Å². The Balaban J connectivity index is 1.73. The van der Waals surface area contributed by atoms with E-state index in [4.69, 9.17) is 24.8 Å². The van der Waals surface area contributed by atoms with Crippen molar-refractivity contribution in [3.05, 3.63) is 22.1 Å². The van der Waals surface area contributed by atoms with Crippen LogP contribution >= 0.6 is 25.8 Å². The number of nitrogen functional groups attached to an aromatic ring is 1. The molecular weight excluding hydrogens is 491 g/mol. The lowest BCUT2D eigenvalue weighted by Gasteiger charge is -2.18. The van der Waals surface area contributed by atoms with Gasteiger partial charge in [-0.15, -0.1) is 0 Å². The molecule has 3 rings (SSSR count). The minimum absolute atomic E-state index is 0.102. The molecule has 0 aromatic carbocycles. The van der Waals surface area contributed by atoms with Crippen molar-refractivity contribution in [2.45, 2.75) is 24.9 Å². The van der Waals surface area contributed by atoms with Crippen LogP contribution in [0.15, 0.2) is 11.0 Å². The molecule has 15 nitrogen and oxygen atoms in total. The predicted molar refractivity (Wildman–Crippen MR) is 113 cm³/mol. The molecule has 0 aliphatic carbocycles. The number of aromatic amines is 1. The van der Waals surface area contributed by atoms with Crippen LogP contribution < -0.4 is 16.6 Å². The van der Waals surface area contributed by atoms with Crippen LogP contribution in [0.3, 0.4) is 0 Å². The van der Waals surface area contributed by atoms with E-state index in [1.54, 1.807) is 13.2 Å². The second-order valence-corrected chi connectivity index (χ2v) is 9.24. The number of nitrogens with two attached hydrogens (primary N) is 1. The number of aromatic nitrogens is 3. The van der Waals surface area contributed by atoms with E-state index < -0.39 is 49.8 Å². The number of hydrogen-bond donors (Lipinski definition) is 8. The van der Waals surface area contributed by atoms with Crippen LogP contribution in [0.1, 0.15) is 18.2 Å². The Kier molecular flexibility index (Phi) is 8.71. The topological polar surface area (TPSA) is 227 Å². The summed E-state index contributed by atoms with van der Waals surface area (Å²) in [6.07, 6.45) is -1.01. The first-order valence-corrected chi connectivity index (χ1v) is 12.2. The van der Waals surface area contributed by atoms with E-state index in [9.17, 15) is 19.7 Å². The summed E-state index contributed by atoms with van der Waals surface area (Å²) in [5, 5.41) is 13.2. The summed E-state index contributed by atoms with van der Waals surface area (Å²) in [4.78, 5) is 55.2. The first-order chi connectivity index (χ1) is 15.2. The van der Waals surface area contributed by atoms with Gasteiger partial charge in [-0.3, -0.25) is 9.78 Å². The number of nitrogens with one attached hydrogen (secondary N) is 2. The molecular formula is C14H20N5O10P3. The van der Waals surface area contributed by atoms with E-state index in [0.29, 0.717) is 5.56 Å². The monoisotopic (exact) mass is 511 g/mol. The molecule has 3 heterocycles. The molecule has 176 valence electrons. The highest BCUT2D eigenvalue weighted by molar-refractivity contribution is 7.60. The van der Waals surface area contributed by atoms with Crippen LogP contribution in [-0.2, 0) is 17.9 Å². The van der Waals surface area contributed by atoms with Crippen molar-refractivity contribution in [3.63, 3.8) is 0 Å². The molecule has 2 aromatic heterocycles. The molecule has 5 atom stereocenters. The SMILES string of the molecule is CNC#Cc1cn(C2CC(O)C(COP(O)OP(O)OP(O)O)O2)c2nc(N)[nH]c(=O)c12. The van der Waals surface area contributed by atoms with Crippen LogP contribution in [0.4, 0.5) is 5.95 Å². The normalized spacial score (nSPS) is 22.7. The van der Waals surface area contributed by atoms with E-state index in [1.165, 1.54) is 4.57 Å². The zero-order chi connectivity index (χ0) is 23.4. The van der Waals surface area contributed by atoms with Crippen LogP contribution in [0.5, 0.6) is 0 Å². The fourth-order valence-electron chi connectivity index (χ4n) is 2.95. The van der Waals surface area contributed by atoms with E-state index in [0.717, 1.165) is 0 Å². The molecule has 0 radical (unpaired) electrons. The van der Waals surface area contributed by atoms with Crippen molar-refractivity contribution in [2.75, 3.05) is 19.4 Å². The summed E-state index contributed by atoms with van der Waals surface area (Å²) < 4.78 is 21.1. The molecule has 5 unspecified atom stereocenters. The molecule has 1 aliphatic rings. The highest BCUT2D eigenvalue weighted by atomic mass is 31.3. The van der Waals surface area contributed by atoms with E-state index in [2.05, 4.69) is 35.9 Å². The van der Waals surface area contributed by atoms with Gasteiger partial charge in [-0.25, -0.2) is 8.62 Å². The van der Waals surface area contributed by atoms with E-state index in [1.807, 2.05) is 0 Å². The Hall–Kier alpha value is -1.49. The smallest absolute Gasteiger partial charge is 0.344 e. The molecule has 32 heavy (non-hydrogen) atoms. The molecule has 0 bridgehead atoms. The van der Waals surface area contributed by atoms with Gasteiger partial charge < -0.3 is 49.6 Å². The molecule has 0 spiro atoms. The Morgan fingerprint density at radius 3 is 2.81 bits per heavy atom. The number of aliphatic hydroxyl groups is 1. The van der Waals surface area contributed by atoms with Gasteiger partial charge in [-0.2, -0.15) is 4.98 Å². The van der Waals surface area contributed by atoms with Crippen LogP contribution in [0.25, 0.3) is 11.0 Å². The maximum absolute atomic E-state index is 12.4. The quantitative estimate of drug-likeness (QED) is 0.123. The molecule has 0 amide bonds. The minimum Gasteiger partial charge on any atom is -0.390 e. The van der Waals surface area contributed by atoms with Gasteiger partial charge in [0.1, 0.15) is 17.7 Å². The Morgan fingerprint density at radius 2 is 2.12 bits per heavy atom. The highest BCUT2D eigenvalue weighted by Crippen LogP contribution is 2.55. The van der Waals surface area contributed by atoms with Crippen LogP contribution in [0, 0.1) is 12.0 Å². The van der Waals surface area contributed by atoms with E-state index in [-0.39, 0.29) is 30.0 Å². The summed E-state index contributed by atoms with van der Waals surface area (Å²) in [7, 11) is -6.67. The lowest BCUT2D eigenvalue weighted by Crippen LogP contribution is -2.25. The third-order valence-corrected chi connectivity index (χ3v) is 6.80. The molecule has 1 fully saturated rings. The third-order valence-electron chi connectivity index (χ3n) is 4.17. The van der Waals surface area contributed by atoms with Gasteiger partial charge in [0.25, 0.3) is 5.56 Å². The lowest BCUT2D eigenvalue weighted by molar-refractivity contribution is -0.0394. The molecule has 2 aromatic rings. The van der Waals surface area contributed by atoms with Gasteiger partial charge in [-0.05, 0) is 5.92 Å². The standard InChI is InChI=1S/C14H20N5O10P3/c1-16-3-2-7-5-19(12-11(7)13(21)18-14(15)17-12)10-4-8(20)9(27-10)6-26-31(24)29-32(25)28-30(22)23/h5,8-10,16,20,22-25H,4,6H2,1H3,(H3,15,17,18,21). The van der Waals surface area contributed by atoms with Gasteiger partial charge in [0.2, 0.25) is 5.95 Å². The number of anilines is 1. The van der Waals surface area contributed by atoms with Crippen molar-refractivity contribution >= 4 is 42.8 Å². The highest BCUT2D eigenvalue weighted by Gasteiger charge is 2.37. The first kappa shape index (κ1) is 25.1. The van der Waals surface area contributed by atoms with Gasteiger partial charge in [-0.1, -0.05) is 0 Å². The summed E-state index contributed by atoms with van der Waals surface area (Å²) in [6, 6.07) is 2.65. The number of fused-ring (bicyclic) bond motifs is 1. The largest absolute Gasteiger partial charge is 0.390 e. The van der Waals surface area contributed by atoms with Gasteiger partial charge in [0.05, 0.1) is 18.3 Å². The number of hydrogen-bond acceptors (Lipinski definition) is 13. The second-order valence-electron chi connectivity index (χ2n) is 6.22. The van der Waals surface area contributed by atoms with E-state index >= 15 is 0 Å². The van der Waals surface area contributed by atoms with Crippen molar-refractivity contribution in [1.29, 1.82) is 0 Å². The molecule has 1 aliphatic heterocycles. The predicted octanol–water partition coefficient (Wildman–Crippen LogP) is -0.817. The number of rotatable bonds is 8. The van der Waals surface area contributed by atoms with Crippen LogP contribution in [-0.4, -0.2) is 65.1 Å². The number of H-pyrrole nitrogens is 1. The zero-order valence-electron chi connectivity index (χ0n) is 16.3. The molecule has 18 heteroatoms. The molecule has 1 saturated heterocycles. The maximum atomic E-state index is 12.4. The van der Waals surface area contributed by atoms with Crippen molar-refractivity contribution < 1.29 is 42.6 Å². The first-order valence-electron chi connectivity index (χ1n) is 8.76. The zero-order valence-corrected chi connectivity index (χ0v) is 19.0. The Morgan fingerprint density at radius 1 is 1.38 bits per heavy atom. The average Bonchev–Trinajstić information content (AvgIpc) is 3.24. The summed E-state index contributed by atoms with van der Waals surface area (Å²) in [6.45, 7) is -0.322. The van der Waals surface area contributed by atoms with Crippen molar-refractivity contribution in [1.82, 2.24) is 19.9 Å². The Bertz CT molecular complexity index is 1060. The average molecular weight is 511 g/mol. The second kappa shape index (κ2) is 11.1. The van der Waals surface area contributed by atoms with Gasteiger partial charge >= 0.3 is 25.8 Å². The van der Waals surface area contributed by atoms with Gasteiger partial charge in [0.15, 0.2) is 5.65 Å². The van der Waals surface area contributed by atoms with Crippen molar-refractivity contribution in [2.24, 2.45) is 0 Å². The Labute approximate surface area is 184 Å². The summed E-state index contributed by atoms with van der Waals surface area (Å²) in [5.41, 5.74) is 5.77. The number of nitrogens with zero attached hydrogens (tertiary/aromatic N) is 2. The number of aliphatic hydroxyl groups excluding tert-OH is 1. The number of ether oxygens (including phenoxy) is 1. The lowest BCUT2D eigenvalue weighted by atomic mass is 10.2. The molecule has 0 saturated carbocycles. The maximum Gasteiger partial charge on any atom is 0.344 e. The van der Waals surface area contributed by atoms with Crippen LogP contribution in [0.2, 0.25) is 0 Å². The summed E-state index contributed by atoms with van der Waals surface area (Å²) in [5.74, 6) is 2.69.